The third-order valence-electron chi connectivity index (χ3n) is 5.54. The van der Waals surface area contributed by atoms with Crippen molar-refractivity contribution in [3.05, 3.63) is 88.5 Å². The number of nitrogens with one attached hydrogen (secondary N) is 2. The Bertz CT molecular complexity index is 1270. The van der Waals surface area contributed by atoms with E-state index in [1.807, 2.05) is 45.0 Å². The highest BCUT2D eigenvalue weighted by Gasteiger charge is 2.21. The molecule has 0 radical (unpaired) electrons. The lowest BCUT2D eigenvalue weighted by atomic mass is 10.0. The lowest BCUT2D eigenvalue weighted by Gasteiger charge is -2.19. The zero-order chi connectivity index (χ0) is 24.2. The largest absolute Gasteiger partial charge is 0.496 e. The number of anilines is 1. The lowest BCUT2D eigenvalue weighted by molar-refractivity contribution is 0.0935. The Kier molecular flexibility index (Phi) is 7.43. The molecular formula is C26H30N2O4S. The van der Waals surface area contributed by atoms with Gasteiger partial charge in [0.05, 0.1) is 18.0 Å². The Morgan fingerprint density at radius 2 is 1.73 bits per heavy atom. The molecule has 3 rings (SSSR count). The third-order valence-corrected chi connectivity index (χ3v) is 7.07. The summed E-state index contributed by atoms with van der Waals surface area (Å²) in [6, 6.07) is 17.4. The van der Waals surface area contributed by atoms with Gasteiger partial charge in [0.1, 0.15) is 5.75 Å². The molecule has 33 heavy (non-hydrogen) atoms. The van der Waals surface area contributed by atoms with Crippen molar-refractivity contribution in [2.24, 2.45) is 0 Å². The van der Waals surface area contributed by atoms with Crippen LogP contribution in [0.25, 0.3) is 0 Å². The van der Waals surface area contributed by atoms with E-state index in [2.05, 4.69) is 10.0 Å². The average Bonchev–Trinajstić information content (AvgIpc) is 2.77. The van der Waals surface area contributed by atoms with Crippen molar-refractivity contribution in [1.29, 1.82) is 0 Å². The fourth-order valence-electron chi connectivity index (χ4n) is 3.73. The number of sulfonamides is 1. The van der Waals surface area contributed by atoms with Gasteiger partial charge < -0.3 is 10.1 Å². The van der Waals surface area contributed by atoms with E-state index >= 15 is 0 Å². The molecule has 3 aromatic rings. The minimum Gasteiger partial charge on any atom is -0.496 e. The molecule has 0 aliphatic rings. The normalized spacial score (nSPS) is 12.2. The van der Waals surface area contributed by atoms with E-state index in [0.717, 1.165) is 22.4 Å². The Labute approximate surface area is 196 Å². The summed E-state index contributed by atoms with van der Waals surface area (Å²) in [5.41, 5.74) is 4.21. The number of carbonyl (C=O) groups excluding carboxylic acids is 1. The van der Waals surface area contributed by atoms with Crippen LogP contribution in [-0.4, -0.2) is 21.4 Å². The molecule has 1 amide bonds. The molecule has 7 heteroatoms. The van der Waals surface area contributed by atoms with Crippen LogP contribution in [-0.2, 0) is 10.0 Å². The van der Waals surface area contributed by atoms with Gasteiger partial charge >= 0.3 is 0 Å². The number of methoxy groups -OCH3 is 1. The predicted octanol–water partition coefficient (Wildman–Crippen LogP) is 5.30. The average molecular weight is 467 g/mol. The van der Waals surface area contributed by atoms with Crippen molar-refractivity contribution in [1.82, 2.24) is 5.32 Å². The molecular weight excluding hydrogens is 436 g/mol. The second-order valence-corrected chi connectivity index (χ2v) is 9.77. The molecule has 1 atom stereocenters. The third kappa shape index (κ3) is 5.73. The van der Waals surface area contributed by atoms with Gasteiger partial charge in [0, 0.05) is 11.3 Å². The lowest BCUT2D eigenvalue weighted by Crippen LogP contribution is -2.28. The van der Waals surface area contributed by atoms with E-state index in [0.29, 0.717) is 17.7 Å². The van der Waals surface area contributed by atoms with Crippen molar-refractivity contribution in [3.8, 4) is 5.75 Å². The van der Waals surface area contributed by atoms with Gasteiger partial charge in [0.15, 0.2) is 0 Å². The summed E-state index contributed by atoms with van der Waals surface area (Å²) in [4.78, 5) is 13.1. The Hall–Kier alpha value is -3.32. The first-order valence-electron chi connectivity index (χ1n) is 10.8. The summed E-state index contributed by atoms with van der Waals surface area (Å²) in [7, 11) is -2.24. The van der Waals surface area contributed by atoms with Crippen molar-refractivity contribution < 1.29 is 17.9 Å². The zero-order valence-electron chi connectivity index (χ0n) is 19.6. The van der Waals surface area contributed by atoms with Gasteiger partial charge in [-0.25, -0.2) is 8.42 Å². The van der Waals surface area contributed by atoms with E-state index < -0.39 is 10.0 Å². The molecule has 6 nitrogen and oxygen atoms in total. The predicted molar refractivity (Wildman–Crippen MR) is 131 cm³/mol. The Morgan fingerprint density at radius 3 is 2.36 bits per heavy atom. The SMILES string of the molecule is CCC(NC(=O)c1ccc(C)c(S(=O)(=O)Nc2cccc(C)c2)c1)c1ccc(OC)c(C)c1. The van der Waals surface area contributed by atoms with Crippen LogP contribution in [0.4, 0.5) is 5.69 Å². The topological polar surface area (TPSA) is 84.5 Å². The van der Waals surface area contributed by atoms with Crippen molar-refractivity contribution >= 4 is 21.6 Å². The number of hydrogen-bond donors (Lipinski definition) is 2. The van der Waals surface area contributed by atoms with Gasteiger partial charge in [0.25, 0.3) is 15.9 Å². The zero-order valence-corrected chi connectivity index (χ0v) is 20.4. The van der Waals surface area contributed by atoms with Crippen LogP contribution in [0.1, 0.15) is 52.0 Å². The molecule has 1 unspecified atom stereocenters. The van der Waals surface area contributed by atoms with Crippen LogP contribution in [0.5, 0.6) is 5.75 Å². The summed E-state index contributed by atoms with van der Waals surface area (Å²) in [5.74, 6) is 0.455. The van der Waals surface area contributed by atoms with Gasteiger partial charge in [-0.2, -0.15) is 0 Å². The van der Waals surface area contributed by atoms with Crippen LogP contribution in [0.3, 0.4) is 0 Å². The molecule has 0 aromatic heterocycles. The standard InChI is InChI=1S/C26H30N2O4S/c1-6-23(20-12-13-24(32-5)19(4)15-20)27-26(29)21-11-10-18(3)25(16-21)33(30,31)28-22-9-7-8-17(2)14-22/h7-16,23,28H,6H2,1-5H3,(H,27,29). The molecule has 3 aromatic carbocycles. The number of benzene rings is 3. The van der Waals surface area contributed by atoms with Crippen LogP contribution >= 0.6 is 0 Å². The van der Waals surface area contributed by atoms with E-state index in [1.165, 1.54) is 6.07 Å². The Balaban J connectivity index is 1.85. The molecule has 0 spiro atoms. The number of ether oxygens (including phenoxy) is 1. The number of aryl methyl sites for hydroxylation is 3. The fourth-order valence-corrected chi connectivity index (χ4v) is 5.05. The van der Waals surface area contributed by atoms with Crippen LogP contribution in [0, 0.1) is 20.8 Å². The fraction of sp³-hybridized carbons (Fsp3) is 0.269. The van der Waals surface area contributed by atoms with E-state index in [4.69, 9.17) is 4.74 Å². The quantitative estimate of drug-likeness (QED) is 0.472. The van der Waals surface area contributed by atoms with Crippen molar-refractivity contribution in [2.45, 2.75) is 45.1 Å². The highest BCUT2D eigenvalue weighted by atomic mass is 32.2. The second-order valence-electron chi connectivity index (χ2n) is 8.12. The van der Waals surface area contributed by atoms with E-state index in [-0.39, 0.29) is 22.4 Å². The maximum absolute atomic E-state index is 13.1. The van der Waals surface area contributed by atoms with E-state index in [1.54, 1.807) is 44.4 Å². The summed E-state index contributed by atoms with van der Waals surface area (Å²) in [5, 5.41) is 3.02. The summed E-state index contributed by atoms with van der Waals surface area (Å²) >= 11 is 0. The van der Waals surface area contributed by atoms with Gasteiger partial charge in [-0.3, -0.25) is 9.52 Å². The first-order chi connectivity index (χ1) is 15.6. The number of carbonyl (C=O) groups is 1. The molecule has 174 valence electrons. The van der Waals surface area contributed by atoms with Crippen LogP contribution < -0.4 is 14.8 Å². The minimum atomic E-state index is -3.86. The molecule has 0 saturated heterocycles. The molecule has 0 fully saturated rings. The molecule has 0 saturated carbocycles. The summed E-state index contributed by atoms with van der Waals surface area (Å²) in [6.07, 6.45) is 0.684. The number of rotatable bonds is 8. The maximum Gasteiger partial charge on any atom is 0.262 e. The maximum atomic E-state index is 13.1. The van der Waals surface area contributed by atoms with Gasteiger partial charge in [-0.1, -0.05) is 37.3 Å². The first kappa shape index (κ1) is 24.3. The highest BCUT2D eigenvalue weighted by molar-refractivity contribution is 7.92. The van der Waals surface area contributed by atoms with Gasteiger partial charge in [-0.05, 0) is 79.8 Å². The highest BCUT2D eigenvalue weighted by Crippen LogP contribution is 2.26. The summed E-state index contributed by atoms with van der Waals surface area (Å²) < 4.78 is 34.0. The molecule has 0 bridgehead atoms. The number of amides is 1. The smallest absolute Gasteiger partial charge is 0.262 e. The van der Waals surface area contributed by atoms with Gasteiger partial charge in [0.2, 0.25) is 0 Å². The Morgan fingerprint density at radius 1 is 0.970 bits per heavy atom. The second kappa shape index (κ2) is 10.1. The minimum absolute atomic E-state index is 0.0741. The monoisotopic (exact) mass is 466 g/mol. The molecule has 0 aliphatic heterocycles. The van der Waals surface area contributed by atoms with Crippen LogP contribution in [0.15, 0.2) is 65.6 Å². The van der Waals surface area contributed by atoms with Crippen LogP contribution in [0.2, 0.25) is 0 Å². The first-order valence-corrected chi connectivity index (χ1v) is 12.3. The molecule has 2 N–H and O–H groups in total. The molecule has 0 heterocycles. The summed E-state index contributed by atoms with van der Waals surface area (Å²) in [6.45, 7) is 7.54. The number of hydrogen-bond acceptors (Lipinski definition) is 4. The molecule has 0 aliphatic carbocycles. The van der Waals surface area contributed by atoms with Crippen molar-refractivity contribution in [2.75, 3.05) is 11.8 Å². The van der Waals surface area contributed by atoms with Crippen molar-refractivity contribution in [3.63, 3.8) is 0 Å². The van der Waals surface area contributed by atoms with Gasteiger partial charge in [-0.15, -0.1) is 0 Å². The van der Waals surface area contributed by atoms with E-state index in [9.17, 15) is 13.2 Å².